The van der Waals surface area contributed by atoms with Crippen LogP contribution in [-0.2, 0) is 6.54 Å². The minimum absolute atomic E-state index is 0.174. The van der Waals surface area contributed by atoms with Crippen LogP contribution in [0.3, 0.4) is 0 Å². The average Bonchev–Trinajstić information content (AvgIpc) is 2.76. The van der Waals surface area contributed by atoms with Gasteiger partial charge in [0, 0.05) is 48.2 Å². The standard InChI is InChI=1S/C14H16N2O.C9H7NS/c17-9-8-16-10-12-3-5-13(6-4-12)14-2-1-7-15-11-14;11-9-3-1-2-7-6-10-5-4-8(7)9/h1-7,11,16-17H,8-10H2;1-6,11H. The summed E-state index contributed by atoms with van der Waals surface area (Å²) in [4.78, 5) is 9.13. The molecular formula is C23H23N3OS. The molecule has 2 N–H and O–H groups in total. The molecule has 0 radical (unpaired) electrons. The van der Waals surface area contributed by atoms with Crippen molar-refractivity contribution >= 4 is 23.4 Å². The normalized spacial score (nSPS) is 10.4. The van der Waals surface area contributed by atoms with Crippen molar-refractivity contribution in [2.75, 3.05) is 13.2 Å². The Labute approximate surface area is 170 Å². The van der Waals surface area contributed by atoms with Gasteiger partial charge in [0.2, 0.25) is 0 Å². The number of nitrogens with zero attached hydrogens (tertiary/aromatic N) is 2. The van der Waals surface area contributed by atoms with Crippen LogP contribution in [0.25, 0.3) is 21.9 Å². The summed E-state index contributed by atoms with van der Waals surface area (Å²) >= 11 is 4.32. The molecule has 0 fully saturated rings. The zero-order chi connectivity index (χ0) is 19.6. The van der Waals surface area contributed by atoms with E-state index < -0.39 is 0 Å². The summed E-state index contributed by atoms with van der Waals surface area (Å²) in [6, 6.07) is 20.3. The molecule has 0 aliphatic rings. The minimum atomic E-state index is 0.174. The molecule has 0 unspecified atom stereocenters. The number of fused-ring (bicyclic) bond motifs is 1. The van der Waals surface area contributed by atoms with E-state index in [4.69, 9.17) is 5.11 Å². The number of hydrogen-bond acceptors (Lipinski definition) is 5. The van der Waals surface area contributed by atoms with E-state index in [1.54, 1.807) is 12.4 Å². The van der Waals surface area contributed by atoms with E-state index in [2.05, 4.69) is 52.2 Å². The predicted octanol–water partition coefficient (Wildman–Crippen LogP) is 4.35. The maximum Gasteiger partial charge on any atom is 0.0556 e. The molecule has 0 saturated heterocycles. The molecule has 0 atom stereocenters. The third-order valence-electron chi connectivity index (χ3n) is 4.22. The molecule has 0 spiro atoms. The smallest absolute Gasteiger partial charge is 0.0556 e. The first-order valence-corrected chi connectivity index (χ1v) is 9.55. The fourth-order valence-corrected chi connectivity index (χ4v) is 3.06. The number of aliphatic hydroxyl groups excluding tert-OH is 1. The summed E-state index contributed by atoms with van der Waals surface area (Å²) in [5.74, 6) is 0. The van der Waals surface area contributed by atoms with Gasteiger partial charge in [-0.2, -0.15) is 0 Å². The molecule has 0 aliphatic heterocycles. The molecule has 2 aromatic carbocycles. The molecule has 2 aromatic heterocycles. The first kappa shape index (κ1) is 20.0. The first-order chi connectivity index (χ1) is 13.8. The fourth-order valence-electron chi connectivity index (χ4n) is 2.77. The average molecular weight is 390 g/mol. The van der Waals surface area contributed by atoms with Gasteiger partial charge in [-0.3, -0.25) is 9.97 Å². The molecule has 4 nitrogen and oxygen atoms in total. The van der Waals surface area contributed by atoms with Gasteiger partial charge in [0.1, 0.15) is 0 Å². The molecule has 4 rings (SSSR count). The summed E-state index contributed by atoms with van der Waals surface area (Å²) < 4.78 is 0. The predicted molar refractivity (Wildman–Crippen MR) is 117 cm³/mol. The lowest BCUT2D eigenvalue weighted by Gasteiger charge is -2.05. The highest BCUT2D eigenvalue weighted by Crippen LogP contribution is 2.20. The fraction of sp³-hybridized carbons (Fsp3) is 0.130. The Hall–Kier alpha value is -2.73. The van der Waals surface area contributed by atoms with Crippen LogP contribution in [0.4, 0.5) is 0 Å². The van der Waals surface area contributed by atoms with Crippen molar-refractivity contribution in [1.82, 2.24) is 15.3 Å². The maximum absolute atomic E-state index is 8.67. The van der Waals surface area contributed by atoms with Gasteiger partial charge in [-0.25, -0.2) is 0 Å². The lowest BCUT2D eigenvalue weighted by atomic mass is 10.1. The molecule has 2 heterocycles. The van der Waals surface area contributed by atoms with Crippen LogP contribution in [0.2, 0.25) is 0 Å². The highest BCUT2D eigenvalue weighted by molar-refractivity contribution is 7.80. The molecule has 4 aromatic rings. The van der Waals surface area contributed by atoms with Crippen molar-refractivity contribution < 1.29 is 5.11 Å². The second kappa shape index (κ2) is 10.6. The third kappa shape index (κ3) is 5.63. The Morgan fingerprint density at radius 1 is 0.821 bits per heavy atom. The van der Waals surface area contributed by atoms with Crippen molar-refractivity contribution in [3.05, 3.63) is 91.0 Å². The molecule has 142 valence electrons. The highest BCUT2D eigenvalue weighted by atomic mass is 32.1. The molecule has 0 bridgehead atoms. The van der Waals surface area contributed by atoms with Crippen LogP contribution in [-0.4, -0.2) is 28.2 Å². The number of aliphatic hydroxyl groups is 1. The Morgan fingerprint density at radius 3 is 2.36 bits per heavy atom. The van der Waals surface area contributed by atoms with Crippen molar-refractivity contribution in [2.45, 2.75) is 11.4 Å². The summed E-state index contributed by atoms with van der Waals surface area (Å²) in [7, 11) is 0. The van der Waals surface area contributed by atoms with E-state index in [0.717, 1.165) is 27.8 Å². The number of nitrogens with one attached hydrogen (secondary N) is 1. The van der Waals surface area contributed by atoms with Gasteiger partial charge in [-0.15, -0.1) is 12.6 Å². The van der Waals surface area contributed by atoms with E-state index in [9.17, 15) is 0 Å². The second-order valence-electron chi connectivity index (χ2n) is 6.21. The van der Waals surface area contributed by atoms with Crippen molar-refractivity contribution in [3.63, 3.8) is 0 Å². The lowest BCUT2D eigenvalue weighted by molar-refractivity contribution is 0.292. The molecule has 5 heteroatoms. The first-order valence-electron chi connectivity index (χ1n) is 9.10. The summed E-state index contributed by atoms with van der Waals surface area (Å²) in [5.41, 5.74) is 3.51. The molecule has 28 heavy (non-hydrogen) atoms. The van der Waals surface area contributed by atoms with Crippen molar-refractivity contribution in [1.29, 1.82) is 0 Å². The summed E-state index contributed by atoms with van der Waals surface area (Å²) in [5, 5.41) is 14.1. The van der Waals surface area contributed by atoms with Crippen molar-refractivity contribution in [2.24, 2.45) is 0 Å². The quantitative estimate of drug-likeness (QED) is 0.351. The molecular weight excluding hydrogens is 366 g/mol. The Morgan fingerprint density at radius 2 is 1.64 bits per heavy atom. The van der Waals surface area contributed by atoms with Gasteiger partial charge >= 0.3 is 0 Å². The monoisotopic (exact) mass is 389 g/mol. The van der Waals surface area contributed by atoms with E-state index in [1.165, 1.54) is 11.1 Å². The zero-order valence-electron chi connectivity index (χ0n) is 15.5. The zero-order valence-corrected chi connectivity index (χ0v) is 16.4. The Balaban J connectivity index is 0.000000176. The second-order valence-corrected chi connectivity index (χ2v) is 6.69. The van der Waals surface area contributed by atoms with E-state index in [1.807, 2.05) is 48.8 Å². The van der Waals surface area contributed by atoms with Gasteiger partial charge in [0.25, 0.3) is 0 Å². The van der Waals surface area contributed by atoms with Crippen LogP contribution >= 0.6 is 12.6 Å². The van der Waals surface area contributed by atoms with E-state index in [0.29, 0.717) is 6.54 Å². The minimum Gasteiger partial charge on any atom is -0.395 e. The van der Waals surface area contributed by atoms with Gasteiger partial charge in [-0.05, 0) is 40.3 Å². The number of hydrogen-bond donors (Lipinski definition) is 3. The Kier molecular flexibility index (Phi) is 7.55. The highest BCUT2D eigenvalue weighted by Gasteiger charge is 1.97. The van der Waals surface area contributed by atoms with Gasteiger partial charge < -0.3 is 10.4 Å². The molecule has 0 amide bonds. The lowest BCUT2D eigenvalue weighted by Crippen LogP contribution is -2.17. The number of pyridine rings is 2. The van der Waals surface area contributed by atoms with Gasteiger partial charge in [0.15, 0.2) is 0 Å². The summed E-state index contributed by atoms with van der Waals surface area (Å²) in [6.45, 7) is 1.59. The largest absolute Gasteiger partial charge is 0.395 e. The Bertz CT molecular complexity index is 986. The van der Waals surface area contributed by atoms with Crippen LogP contribution in [0.5, 0.6) is 0 Å². The van der Waals surface area contributed by atoms with Crippen LogP contribution < -0.4 is 5.32 Å². The van der Waals surface area contributed by atoms with Gasteiger partial charge in [-0.1, -0.05) is 42.5 Å². The van der Waals surface area contributed by atoms with Crippen LogP contribution in [0.15, 0.2) is 90.3 Å². The van der Waals surface area contributed by atoms with Crippen LogP contribution in [0.1, 0.15) is 5.56 Å². The number of rotatable bonds is 5. The van der Waals surface area contributed by atoms with Gasteiger partial charge in [0.05, 0.1) is 6.61 Å². The molecule has 0 aliphatic carbocycles. The van der Waals surface area contributed by atoms with E-state index >= 15 is 0 Å². The number of benzene rings is 2. The summed E-state index contributed by atoms with van der Waals surface area (Å²) in [6.07, 6.45) is 7.26. The third-order valence-corrected chi connectivity index (χ3v) is 4.61. The maximum atomic E-state index is 8.67. The number of aromatic nitrogens is 2. The SMILES string of the molecule is OCCNCc1ccc(-c2cccnc2)cc1.Sc1cccc2cnccc12. The topological polar surface area (TPSA) is 58.0 Å². The number of thiol groups is 1. The molecule has 0 saturated carbocycles. The van der Waals surface area contributed by atoms with E-state index in [-0.39, 0.29) is 6.61 Å². The van der Waals surface area contributed by atoms with Crippen molar-refractivity contribution in [3.8, 4) is 11.1 Å². The van der Waals surface area contributed by atoms with Crippen LogP contribution in [0, 0.1) is 0 Å².